The minimum absolute atomic E-state index is 0.135. The van der Waals surface area contributed by atoms with Crippen molar-refractivity contribution in [3.63, 3.8) is 0 Å². The van der Waals surface area contributed by atoms with Crippen molar-refractivity contribution in [2.75, 3.05) is 13.1 Å². The first-order chi connectivity index (χ1) is 8.38. The molecule has 0 atom stereocenters. The van der Waals surface area contributed by atoms with E-state index in [1.165, 1.54) is 0 Å². The van der Waals surface area contributed by atoms with Gasteiger partial charge in [0.25, 0.3) is 0 Å². The van der Waals surface area contributed by atoms with E-state index >= 15 is 0 Å². The average Bonchev–Trinajstić information content (AvgIpc) is 2.28. The topological polar surface area (TPSA) is 41.1 Å². The molecule has 0 fully saturated rings. The Balaban J connectivity index is 2.26. The monoisotopic (exact) mass is 260 g/mol. The van der Waals surface area contributed by atoms with E-state index in [1.807, 2.05) is 31.2 Å². The normalized spacial score (nSPS) is 11.3. The third-order valence-electron chi connectivity index (χ3n) is 2.35. The van der Waals surface area contributed by atoms with Gasteiger partial charge in [-0.05, 0) is 18.1 Å². The SMILES string of the molecule is Cc1ccccc1CNCC(=O)NCC(F)(F)F. The molecule has 0 saturated carbocycles. The van der Waals surface area contributed by atoms with Crippen molar-refractivity contribution in [3.05, 3.63) is 35.4 Å². The van der Waals surface area contributed by atoms with Gasteiger partial charge in [0, 0.05) is 6.54 Å². The Labute approximate surface area is 103 Å². The van der Waals surface area contributed by atoms with Gasteiger partial charge in [-0.2, -0.15) is 13.2 Å². The average molecular weight is 260 g/mol. The van der Waals surface area contributed by atoms with Crippen LogP contribution in [0.3, 0.4) is 0 Å². The van der Waals surface area contributed by atoms with Crippen LogP contribution >= 0.6 is 0 Å². The Morgan fingerprint density at radius 3 is 2.56 bits per heavy atom. The molecule has 0 bridgehead atoms. The third kappa shape index (κ3) is 5.67. The van der Waals surface area contributed by atoms with Gasteiger partial charge in [-0.25, -0.2) is 0 Å². The number of carbonyl (C=O) groups is 1. The van der Waals surface area contributed by atoms with Crippen LogP contribution in [0.15, 0.2) is 24.3 Å². The van der Waals surface area contributed by atoms with Gasteiger partial charge in [-0.3, -0.25) is 4.79 Å². The fourth-order valence-corrected chi connectivity index (χ4v) is 1.38. The molecule has 2 N–H and O–H groups in total. The second-order valence-corrected chi connectivity index (χ2v) is 3.92. The fraction of sp³-hybridized carbons (Fsp3) is 0.417. The summed E-state index contributed by atoms with van der Waals surface area (Å²) in [6.45, 7) is 0.954. The molecule has 0 saturated heterocycles. The van der Waals surface area contributed by atoms with Crippen LogP contribution in [-0.2, 0) is 11.3 Å². The van der Waals surface area contributed by atoms with Crippen LogP contribution in [0.4, 0.5) is 13.2 Å². The first-order valence-electron chi connectivity index (χ1n) is 5.47. The highest BCUT2D eigenvalue weighted by molar-refractivity contribution is 5.78. The van der Waals surface area contributed by atoms with Crippen molar-refractivity contribution in [1.29, 1.82) is 0 Å². The fourth-order valence-electron chi connectivity index (χ4n) is 1.38. The molecule has 1 aromatic rings. The lowest BCUT2D eigenvalue weighted by Crippen LogP contribution is -2.39. The first-order valence-corrected chi connectivity index (χ1v) is 5.47. The van der Waals surface area contributed by atoms with Crippen molar-refractivity contribution < 1.29 is 18.0 Å². The van der Waals surface area contributed by atoms with Gasteiger partial charge in [-0.15, -0.1) is 0 Å². The number of alkyl halides is 3. The molecule has 100 valence electrons. The van der Waals surface area contributed by atoms with E-state index in [0.717, 1.165) is 11.1 Å². The second kappa shape index (κ2) is 6.39. The highest BCUT2D eigenvalue weighted by Gasteiger charge is 2.27. The molecule has 0 aliphatic heterocycles. The predicted octanol–water partition coefficient (Wildman–Crippen LogP) is 1.76. The van der Waals surface area contributed by atoms with Gasteiger partial charge in [0.2, 0.25) is 5.91 Å². The molecule has 0 heterocycles. The largest absolute Gasteiger partial charge is 0.405 e. The van der Waals surface area contributed by atoms with Crippen molar-refractivity contribution in [2.24, 2.45) is 0 Å². The zero-order valence-electron chi connectivity index (χ0n) is 9.97. The summed E-state index contributed by atoms with van der Waals surface area (Å²) in [7, 11) is 0. The first kappa shape index (κ1) is 14.5. The number of carbonyl (C=O) groups excluding carboxylic acids is 1. The Hall–Kier alpha value is -1.56. The van der Waals surface area contributed by atoms with Gasteiger partial charge in [0.15, 0.2) is 0 Å². The molecule has 0 aliphatic carbocycles. The highest BCUT2D eigenvalue weighted by Crippen LogP contribution is 2.11. The Morgan fingerprint density at radius 1 is 1.28 bits per heavy atom. The summed E-state index contributed by atoms with van der Waals surface area (Å²) in [6.07, 6.45) is -4.37. The van der Waals surface area contributed by atoms with Crippen molar-refractivity contribution in [1.82, 2.24) is 10.6 Å². The summed E-state index contributed by atoms with van der Waals surface area (Å²) < 4.78 is 35.5. The van der Waals surface area contributed by atoms with Crippen LogP contribution in [0.25, 0.3) is 0 Å². The van der Waals surface area contributed by atoms with Crippen LogP contribution in [0.2, 0.25) is 0 Å². The lowest BCUT2D eigenvalue weighted by atomic mass is 10.1. The van der Waals surface area contributed by atoms with E-state index in [4.69, 9.17) is 0 Å². The second-order valence-electron chi connectivity index (χ2n) is 3.92. The van der Waals surface area contributed by atoms with E-state index < -0.39 is 18.6 Å². The van der Waals surface area contributed by atoms with Crippen molar-refractivity contribution >= 4 is 5.91 Å². The summed E-state index contributed by atoms with van der Waals surface area (Å²) >= 11 is 0. The molecule has 3 nitrogen and oxygen atoms in total. The summed E-state index contributed by atoms with van der Waals surface area (Å²) in [5.74, 6) is -0.666. The summed E-state index contributed by atoms with van der Waals surface area (Å²) in [4.78, 5) is 11.1. The molecule has 0 radical (unpaired) electrons. The molecule has 0 aliphatic rings. The van der Waals surface area contributed by atoms with Gasteiger partial charge in [0.1, 0.15) is 6.54 Å². The summed E-state index contributed by atoms with van der Waals surface area (Å²) in [5.41, 5.74) is 2.09. The van der Waals surface area contributed by atoms with E-state index in [-0.39, 0.29) is 6.54 Å². The number of nitrogens with one attached hydrogen (secondary N) is 2. The van der Waals surface area contributed by atoms with Crippen LogP contribution in [0.1, 0.15) is 11.1 Å². The minimum Gasteiger partial charge on any atom is -0.346 e. The zero-order chi connectivity index (χ0) is 13.6. The predicted molar refractivity (Wildman–Crippen MR) is 62.0 cm³/mol. The van der Waals surface area contributed by atoms with E-state index in [0.29, 0.717) is 6.54 Å². The van der Waals surface area contributed by atoms with E-state index in [9.17, 15) is 18.0 Å². The lowest BCUT2D eigenvalue weighted by Gasteiger charge is -2.10. The number of benzene rings is 1. The molecule has 6 heteroatoms. The standard InChI is InChI=1S/C12H15F3N2O/c1-9-4-2-3-5-10(9)6-16-7-11(18)17-8-12(13,14)15/h2-5,16H,6-8H2,1H3,(H,17,18). The lowest BCUT2D eigenvalue weighted by molar-refractivity contribution is -0.137. The third-order valence-corrected chi connectivity index (χ3v) is 2.35. The van der Waals surface area contributed by atoms with Gasteiger partial charge in [0.05, 0.1) is 6.54 Å². The molecule has 18 heavy (non-hydrogen) atoms. The molecular weight excluding hydrogens is 245 g/mol. The molecule has 1 aromatic carbocycles. The van der Waals surface area contributed by atoms with Crippen LogP contribution < -0.4 is 10.6 Å². The smallest absolute Gasteiger partial charge is 0.346 e. The molecule has 1 amide bonds. The van der Waals surface area contributed by atoms with Gasteiger partial charge >= 0.3 is 6.18 Å². The van der Waals surface area contributed by atoms with Gasteiger partial charge < -0.3 is 10.6 Å². The van der Waals surface area contributed by atoms with Crippen LogP contribution in [0.5, 0.6) is 0 Å². The maximum absolute atomic E-state index is 11.8. The van der Waals surface area contributed by atoms with Crippen molar-refractivity contribution in [2.45, 2.75) is 19.6 Å². The van der Waals surface area contributed by atoms with E-state index in [2.05, 4.69) is 5.32 Å². The number of halogens is 3. The number of amides is 1. The van der Waals surface area contributed by atoms with Crippen LogP contribution in [-0.4, -0.2) is 25.2 Å². The van der Waals surface area contributed by atoms with E-state index in [1.54, 1.807) is 5.32 Å². The quantitative estimate of drug-likeness (QED) is 0.847. The maximum atomic E-state index is 11.8. The number of aryl methyl sites for hydroxylation is 1. The molecule has 0 aromatic heterocycles. The summed E-state index contributed by atoms with van der Waals surface area (Å²) in [5, 5.41) is 4.60. The van der Waals surface area contributed by atoms with Crippen LogP contribution in [0, 0.1) is 6.92 Å². The number of rotatable bonds is 5. The molecule has 0 spiro atoms. The molecule has 0 unspecified atom stereocenters. The van der Waals surface area contributed by atoms with Gasteiger partial charge in [-0.1, -0.05) is 24.3 Å². The van der Waals surface area contributed by atoms with Crippen molar-refractivity contribution in [3.8, 4) is 0 Å². The summed E-state index contributed by atoms with van der Waals surface area (Å²) in [6, 6.07) is 7.60. The number of hydrogen-bond donors (Lipinski definition) is 2. The maximum Gasteiger partial charge on any atom is 0.405 e. The molecule has 1 rings (SSSR count). The molecular formula is C12H15F3N2O. The Kier molecular flexibility index (Phi) is 5.15. The minimum atomic E-state index is -4.37. The Bertz CT molecular complexity index is 405. The number of hydrogen-bond acceptors (Lipinski definition) is 2. The Morgan fingerprint density at radius 2 is 1.94 bits per heavy atom. The zero-order valence-corrected chi connectivity index (χ0v) is 9.97. The highest BCUT2D eigenvalue weighted by atomic mass is 19.4.